The molecule has 2 N–H and O–H groups in total. The van der Waals surface area contributed by atoms with Gasteiger partial charge in [0.15, 0.2) is 0 Å². The number of carboxylic acid groups (broad SMARTS) is 1. The minimum atomic E-state index is -0.983. The highest BCUT2D eigenvalue weighted by Gasteiger charge is 2.36. The molecule has 0 bridgehead atoms. The number of unbranched alkanes of at least 4 members (excludes halogenated alkanes) is 1. The summed E-state index contributed by atoms with van der Waals surface area (Å²) in [6, 6.07) is 0. The van der Waals surface area contributed by atoms with Crippen LogP contribution in [0, 0.1) is 11.3 Å². The van der Waals surface area contributed by atoms with Crippen molar-refractivity contribution >= 4 is 11.9 Å². The molecule has 0 radical (unpaired) electrons. The minimum absolute atomic E-state index is 0.282. The predicted molar refractivity (Wildman–Crippen MR) is 67.1 cm³/mol. The zero-order valence-corrected chi connectivity index (χ0v) is 11.6. The Hall–Kier alpha value is -1.10. The van der Waals surface area contributed by atoms with Crippen LogP contribution < -0.4 is 0 Å². The summed E-state index contributed by atoms with van der Waals surface area (Å²) >= 11 is 0. The number of hydrogen-bond donors (Lipinski definition) is 2. The number of methoxy groups -OCH3 is 1. The zero-order valence-electron chi connectivity index (χ0n) is 11.6. The molecule has 5 heteroatoms. The van der Waals surface area contributed by atoms with Gasteiger partial charge in [-0.2, -0.15) is 0 Å². The van der Waals surface area contributed by atoms with E-state index in [0.29, 0.717) is 25.7 Å². The first-order valence-electron chi connectivity index (χ1n) is 6.17. The molecule has 0 saturated heterocycles. The second kappa shape index (κ2) is 7.36. The Morgan fingerprint density at radius 1 is 1.22 bits per heavy atom. The highest BCUT2D eigenvalue weighted by atomic mass is 16.5. The average Bonchev–Trinajstić information content (AvgIpc) is 2.21. The van der Waals surface area contributed by atoms with Gasteiger partial charge in [0.1, 0.15) is 0 Å². The van der Waals surface area contributed by atoms with Crippen molar-refractivity contribution in [2.24, 2.45) is 11.3 Å². The smallest absolute Gasteiger partial charge is 0.309 e. The number of carboxylic acids is 1. The van der Waals surface area contributed by atoms with E-state index in [0.717, 1.165) is 0 Å². The molecule has 18 heavy (non-hydrogen) atoms. The molecular weight excluding hydrogens is 236 g/mol. The van der Waals surface area contributed by atoms with Crippen LogP contribution in [0.4, 0.5) is 0 Å². The lowest BCUT2D eigenvalue weighted by atomic mass is 9.76. The standard InChI is InChI=1S/C13H24O5/c1-13(2,3)11(12(16)17)9(14)7-5-6-8-10(15)18-4/h9,11,14H,5-8H2,1-4H3,(H,16,17)/t9-,11?/m0/s1. The summed E-state index contributed by atoms with van der Waals surface area (Å²) in [5.74, 6) is -2.06. The molecule has 0 saturated carbocycles. The molecule has 0 amide bonds. The number of aliphatic carboxylic acids is 1. The summed E-state index contributed by atoms with van der Waals surface area (Å²) < 4.78 is 4.50. The molecule has 0 aromatic rings. The Labute approximate surface area is 108 Å². The van der Waals surface area contributed by atoms with Crippen molar-refractivity contribution in [3.63, 3.8) is 0 Å². The zero-order chi connectivity index (χ0) is 14.3. The number of aliphatic hydroxyl groups excluding tert-OH is 1. The number of rotatable bonds is 7. The normalized spacial score (nSPS) is 14.9. The van der Waals surface area contributed by atoms with Crippen LogP contribution in [0.3, 0.4) is 0 Å². The number of ether oxygens (including phenoxy) is 1. The fraction of sp³-hybridized carbons (Fsp3) is 0.846. The van der Waals surface area contributed by atoms with Crippen LogP contribution in [-0.2, 0) is 14.3 Å². The second-order valence-electron chi connectivity index (χ2n) is 5.57. The average molecular weight is 260 g/mol. The van der Waals surface area contributed by atoms with Crippen LogP contribution in [0.2, 0.25) is 0 Å². The van der Waals surface area contributed by atoms with Gasteiger partial charge in [-0.3, -0.25) is 9.59 Å². The molecule has 0 aliphatic rings. The highest BCUT2D eigenvalue weighted by molar-refractivity contribution is 5.71. The van der Waals surface area contributed by atoms with Crippen LogP contribution in [0.25, 0.3) is 0 Å². The van der Waals surface area contributed by atoms with E-state index in [4.69, 9.17) is 5.11 Å². The molecule has 1 unspecified atom stereocenters. The molecule has 0 rings (SSSR count). The fourth-order valence-corrected chi connectivity index (χ4v) is 2.00. The quantitative estimate of drug-likeness (QED) is 0.539. The first-order chi connectivity index (χ1) is 8.20. The maximum Gasteiger partial charge on any atom is 0.309 e. The van der Waals surface area contributed by atoms with Crippen LogP contribution in [0.1, 0.15) is 46.5 Å². The van der Waals surface area contributed by atoms with E-state index >= 15 is 0 Å². The largest absolute Gasteiger partial charge is 0.481 e. The third kappa shape index (κ3) is 6.00. The monoisotopic (exact) mass is 260 g/mol. The van der Waals surface area contributed by atoms with E-state index in [1.54, 1.807) is 20.8 Å². The molecule has 2 atom stereocenters. The van der Waals surface area contributed by atoms with Gasteiger partial charge in [0.05, 0.1) is 19.1 Å². The van der Waals surface area contributed by atoms with E-state index in [9.17, 15) is 14.7 Å². The lowest BCUT2D eigenvalue weighted by Crippen LogP contribution is -2.38. The molecule has 0 fully saturated rings. The maximum absolute atomic E-state index is 11.1. The number of carbonyl (C=O) groups is 2. The van der Waals surface area contributed by atoms with Gasteiger partial charge in [-0.25, -0.2) is 0 Å². The SMILES string of the molecule is COC(=O)CCCC[C@H](O)C(C(=O)O)C(C)(C)C. The Balaban J connectivity index is 4.17. The number of esters is 1. The van der Waals surface area contributed by atoms with E-state index in [1.807, 2.05) is 0 Å². The van der Waals surface area contributed by atoms with Gasteiger partial charge in [0.25, 0.3) is 0 Å². The minimum Gasteiger partial charge on any atom is -0.481 e. The van der Waals surface area contributed by atoms with E-state index in [-0.39, 0.29) is 5.97 Å². The molecule has 0 spiro atoms. The van der Waals surface area contributed by atoms with Gasteiger partial charge in [0, 0.05) is 6.42 Å². The van der Waals surface area contributed by atoms with Gasteiger partial charge < -0.3 is 14.9 Å². The molecular formula is C13H24O5. The first-order valence-corrected chi connectivity index (χ1v) is 6.17. The Morgan fingerprint density at radius 3 is 2.17 bits per heavy atom. The van der Waals surface area contributed by atoms with E-state index in [1.165, 1.54) is 7.11 Å². The van der Waals surface area contributed by atoms with Gasteiger partial charge >= 0.3 is 11.9 Å². The van der Waals surface area contributed by atoms with E-state index < -0.39 is 23.4 Å². The van der Waals surface area contributed by atoms with Crippen LogP contribution >= 0.6 is 0 Å². The first kappa shape index (κ1) is 16.9. The summed E-state index contributed by atoms with van der Waals surface area (Å²) in [6.07, 6.45) is 0.998. The van der Waals surface area contributed by atoms with Crippen LogP contribution in [-0.4, -0.2) is 35.4 Å². The molecule has 0 aromatic heterocycles. The van der Waals surface area contributed by atoms with Crippen molar-refractivity contribution < 1.29 is 24.5 Å². The summed E-state index contributed by atoms with van der Waals surface area (Å²) in [6.45, 7) is 5.39. The number of hydrogen-bond acceptors (Lipinski definition) is 4. The lowest BCUT2D eigenvalue weighted by molar-refractivity contribution is -0.151. The van der Waals surface area contributed by atoms with Crippen LogP contribution in [0.15, 0.2) is 0 Å². The molecule has 0 aromatic carbocycles. The molecule has 0 aliphatic heterocycles. The summed E-state index contributed by atoms with van der Waals surface area (Å²) in [7, 11) is 1.33. The molecule has 106 valence electrons. The Bertz CT molecular complexity index is 280. The molecule has 0 aliphatic carbocycles. The molecule has 0 heterocycles. The van der Waals surface area contributed by atoms with Crippen molar-refractivity contribution in [1.82, 2.24) is 0 Å². The third-order valence-electron chi connectivity index (χ3n) is 2.94. The summed E-state index contributed by atoms with van der Waals surface area (Å²) in [5, 5.41) is 19.1. The Kier molecular flexibility index (Phi) is 6.91. The molecule has 5 nitrogen and oxygen atoms in total. The third-order valence-corrected chi connectivity index (χ3v) is 2.94. The Morgan fingerprint density at radius 2 is 1.78 bits per heavy atom. The highest BCUT2D eigenvalue weighted by Crippen LogP contribution is 2.31. The summed E-state index contributed by atoms with van der Waals surface area (Å²) in [4.78, 5) is 22.0. The van der Waals surface area contributed by atoms with Crippen LogP contribution in [0.5, 0.6) is 0 Å². The maximum atomic E-state index is 11.1. The number of carbonyl (C=O) groups excluding carboxylic acids is 1. The topological polar surface area (TPSA) is 83.8 Å². The van der Waals surface area contributed by atoms with Gasteiger partial charge in [-0.05, 0) is 18.3 Å². The van der Waals surface area contributed by atoms with Crippen molar-refractivity contribution in [3.05, 3.63) is 0 Å². The van der Waals surface area contributed by atoms with E-state index in [2.05, 4.69) is 4.74 Å². The van der Waals surface area contributed by atoms with Crippen molar-refractivity contribution in [1.29, 1.82) is 0 Å². The van der Waals surface area contributed by atoms with Gasteiger partial charge in [0.2, 0.25) is 0 Å². The van der Waals surface area contributed by atoms with Crippen molar-refractivity contribution in [2.75, 3.05) is 7.11 Å². The second-order valence-corrected chi connectivity index (χ2v) is 5.57. The fourth-order valence-electron chi connectivity index (χ4n) is 2.00. The van der Waals surface area contributed by atoms with Gasteiger partial charge in [-0.1, -0.05) is 27.2 Å². The predicted octanol–water partition coefficient (Wildman–Crippen LogP) is 1.83. The van der Waals surface area contributed by atoms with Crippen molar-refractivity contribution in [3.8, 4) is 0 Å². The lowest BCUT2D eigenvalue weighted by Gasteiger charge is -2.31. The van der Waals surface area contributed by atoms with Gasteiger partial charge in [-0.15, -0.1) is 0 Å². The number of aliphatic hydroxyl groups is 1. The summed E-state index contributed by atoms with van der Waals surface area (Å²) in [5.41, 5.74) is -0.492. The van der Waals surface area contributed by atoms with Crippen molar-refractivity contribution in [2.45, 2.75) is 52.6 Å².